The third kappa shape index (κ3) is 5.10. The lowest BCUT2D eigenvalue weighted by molar-refractivity contribution is -0.138. The molecule has 2 fully saturated rings. The number of carbonyl (C=O) groups is 2. The van der Waals surface area contributed by atoms with Crippen molar-refractivity contribution in [2.45, 2.75) is 45.1 Å². The molecule has 0 N–H and O–H groups in total. The second-order valence-corrected chi connectivity index (χ2v) is 8.31. The van der Waals surface area contributed by atoms with Crippen LogP contribution < -0.4 is 4.74 Å². The van der Waals surface area contributed by atoms with Crippen LogP contribution in [-0.2, 0) is 4.79 Å². The van der Waals surface area contributed by atoms with Crippen LogP contribution in [0, 0.1) is 5.92 Å². The van der Waals surface area contributed by atoms with E-state index in [9.17, 15) is 9.59 Å². The van der Waals surface area contributed by atoms with Crippen molar-refractivity contribution in [3.63, 3.8) is 0 Å². The molecular weight excluding hydrogens is 366 g/mol. The fourth-order valence-corrected chi connectivity index (χ4v) is 4.74. The zero-order valence-corrected chi connectivity index (χ0v) is 18.1. The lowest BCUT2D eigenvalue weighted by Gasteiger charge is -2.42. The number of hydrogen-bond donors (Lipinski definition) is 0. The van der Waals surface area contributed by atoms with Gasteiger partial charge in [-0.15, -0.1) is 0 Å². The van der Waals surface area contributed by atoms with Crippen LogP contribution in [0.1, 0.15) is 49.4 Å². The van der Waals surface area contributed by atoms with E-state index in [0.29, 0.717) is 30.3 Å². The molecule has 0 bridgehead atoms. The maximum atomic E-state index is 13.2. The number of amides is 2. The highest BCUT2D eigenvalue weighted by molar-refractivity contribution is 5.94. The van der Waals surface area contributed by atoms with Crippen LogP contribution in [0.5, 0.6) is 5.75 Å². The minimum absolute atomic E-state index is 0.0374. The molecule has 3 rings (SSSR count). The lowest BCUT2D eigenvalue weighted by atomic mass is 9.94. The van der Waals surface area contributed by atoms with Crippen LogP contribution in [0.25, 0.3) is 0 Å². The first-order valence-electron chi connectivity index (χ1n) is 11.0. The van der Waals surface area contributed by atoms with Gasteiger partial charge in [0, 0.05) is 45.3 Å². The Labute approximate surface area is 174 Å². The molecule has 160 valence electrons. The minimum atomic E-state index is -0.0388. The first-order chi connectivity index (χ1) is 14.0. The second-order valence-electron chi connectivity index (χ2n) is 8.31. The van der Waals surface area contributed by atoms with Gasteiger partial charge >= 0.3 is 0 Å². The molecule has 29 heavy (non-hydrogen) atoms. The van der Waals surface area contributed by atoms with Crippen molar-refractivity contribution in [1.29, 1.82) is 0 Å². The van der Waals surface area contributed by atoms with Gasteiger partial charge in [0.1, 0.15) is 5.75 Å². The van der Waals surface area contributed by atoms with Crippen LogP contribution in [0.15, 0.2) is 24.3 Å². The predicted octanol–water partition coefficient (Wildman–Crippen LogP) is 2.88. The molecule has 1 saturated carbocycles. The number of likely N-dealkylation sites (N-methyl/N-ethyl adjacent to an activating group) is 1. The van der Waals surface area contributed by atoms with Crippen LogP contribution >= 0.6 is 0 Å². The van der Waals surface area contributed by atoms with Crippen molar-refractivity contribution >= 4 is 11.8 Å². The summed E-state index contributed by atoms with van der Waals surface area (Å²) >= 11 is 0. The Morgan fingerprint density at radius 1 is 1.17 bits per heavy atom. The highest BCUT2D eigenvalue weighted by Crippen LogP contribution is 2.32. The quantitative estimate of drug-likeness (QED) is 0.705. The third-order valence-corrected chi connectivity index (χ3v) is 6.35. The normalized spacial score (nSPS) is 19.2. The molecule has 1 aromatic carbocycles. The molecule has 6 heteroatoms. The van der Waals surface area contributed by atoms with Crippen LogP contribution in [0.3, 0.4) is 0 Å². The van der Waals surface area contributed by atoms with Crippen molar-refractivity contribution in [1.82, 2.24) is 14.7 Å². The van der Waals surface area contributed by atoms with Crippen molar-refractivity contribution in [3.05, 3.63) is 29.8 Å². The monoisotopic (exact) mass is 401 g/mol. The zero-order valence-electron chi connectivity index (χ0n) is 18.1. The SMILES string of the molecule is CCCN(C)C(=O)C(C1CCCC1)N1CCN(C(=O)c2cccc(OC)c2)CC1. The minimum Gasteiger partial charge on any atom is -0.497 e. The van der Waals surface area contributed by atoms with E-state index in [4.69, 9.17) is 4.74 Å². The summed E-state index contributed by atoms with van der Waals surface area (Å²) in [6.45, 7) is 5.73. The molecule has 1 aliphatic carbocycles. The smallest absolute Gasteiger partial charge is 0.254 e. The molecular formula is C23H35N3O3. The van der Waals surface area contributed by atoms with E-state index >= 15 is 0 Å². The van der Waals surface area contributed by atoms with Crippen molar-refractivity contribution in [3.8, 4) is 5.75 Å². The first kappa shape index (κ1) is 21.6. The lowest BCUT2D eigenvalue weighted by Crippen LogP contribution is -2.58. The Hall–Kier alpha value is -2.08. The number of rotatable bonds is 7. The Morgan fingerprint density at radius 3 is 2.48 bits per heavy atom. The summed E-state index contributed by atoms with van der Waals surface area (Å²) in [6, 6.07) is 7.28. The summed E-state index contributed by atoms with van der Waals surface area (Å²) in [6.07, 6.45) is 5.70. The molecule has 1 unspecified atom stereocenters. The largest absolute Gasteiger partial charge is 0.497 e. The molecule has 1 aliphatic heterocycles. The third-order valence-electron chi connectivity index (χ3n) is 6.35. The standard InChI is InChI=1S/C23H35N3O3/c1-4-12-24(2)23(28)21(18-8-5-6-9-18)25-13-15-26(16-14-25)22(27)19-10-7-11-20(17-19)29-3/h7,10-11,17-18,21H,4-6,8-9,12-16H2,1-3H3. The summed E-state index contributed by atoms with van der Waals surface area (Å²) in [7, 11) is 3.54. The van der Waals surface area contributed by atoms with E-state index < -0.39 is 0 Å². The van der Waals surface area contributed by atoms with Gasteiger partial charge in [0.05, 0.1) is 13.2 Å². The van der Waals surface area contributed by atoms with Crippen molar-refractivity contribution < 1.29 is 14.3 Å². The van der Waals surface area contributed by atoms with Crippen molar-refractivity contribution in [2.75, 3.05) is 46.9 Å². The Kier molecular flexibility index (Phi) is 7.53. The number of nitrogens with zero attached hydrogens (tertiary/aromatic N) is 3. The summed E-state index contributed by atoms with van der Waals surface area (Å²) in [5.74, 6) is 1.43. The number of hydrogen-bond acceptors (Lipinski definition) is 4. The summed E-state index contributed by atoms with van der Waals surface area (Å²) in [4.78, 5) is 32.3. The Balaban J connectivity index is 1.66. The molecule has 2 amide bonds. The molecule has 0 spiro atoms. The Morgan fingerprint density at radius 2 is 1.86 bits per heavy atom. The molecule has 1 heterocycles. The first-order valence-corrected chi connectivity index (χ1v) is 11.0. The van der Waals surface area contributed by atoms with E-state index in [1.807, 2.05) is 35.0 Å². The van der Waals surface area contributed by atoms with Gasteiger partial charge in [-0.05, 0) is 43.4 Å². The molecule has 1 atom stereocenters. The molecule has 1 saturated heterocycles. The van der Waals surface area contributed by atoms with E-state index in [-0.39, 0.29) is 17.9 Å². The topological polar surface area (TPSA) is 53.1 Å². The number of methoxy groups -OCH3 is 1. The van der Waals surface area contributed by atoms with Gasteiger partial charge in [-0.3, -0.25) is 14.5 Å². The van der Waals surface area contributed by atoms with Gasteiger partial charge in [0.15, 0.2) is 0 Å². The van der Waals surface area contributed by atoms with E-state index in [2.05, 4.69) is 11.8 Å². The molecule has 1 aromatic rings. The number of ether oxygens (including phenoxy) is 1. The number of piperazine rings is 1. The number of benzene rings is 1. The molecule has 2 aliphatic rings. The number of carbonyl (C=O) groups excluding carboxylic acids is 2. The Bertz CT molecular complexity index is 694. The van der Waals surface area contributed by atoms with Crippen molar-refractivity contribution in [2.24, 2.45) is 5.92 Å². The molecule has 0 radical (unpaired) electrons. The van der Waals surface area contributed by atoms with Crippen LogP contribution in [0.2, 0.25) is 0 Å². The van der Waals surface area contributed by atoms with Gasteiger partial charge in [-0.2, -0.15) is 0 Å². The maximum Gasteiger partial charge on any atom is 0.254 e. The molecule has 6 nitrogen and oxygen atoms in total. The zero-order chi connectivity index (χ0) is 20.8. The van der Waals surface area contributed by atoms with Gasteiger partial charge in [-0.1, -0.05) is 25.8 Å². The van der Waals surface area contributed by atoms with Gasteiger partial charge in [0.2, 0.25) is 5.91 Å². The van der Waals surface area contributed by atoms with Gasteiger partial charge in [0.25, 0.3) is 5.91 Å². The van der Waals surface area contributed by atoms with E-state index in [1.165, 1.54) is 12.8 Å². The van der Waals surface area contributed by atoms with E-state index in [0.717, 1.165) is 38.9 Å². The fraction of sp³-hybridized carbons (Fsp3) is 0.652. The van der Waals surface area contributed by atoms with Crippen LogP contribution in [-0.4, -0.2) is 79.4 Å². The maximum absolute atomic E-state index is 13.2. The summed E-state index contributed by atoms with van der Waals surface area (Å²) in [5.41, 5.74) is 0.656. The second kappa shape index (κ2) is 10.1. The van der Waals surface area contributed by atoms with Gasteiger partial charge in [-0.25, -0.2) is 0 Å². The predicted molar refractivity (Wildman–Crippen MR) is 114 cm³/mol. The highest BCUT2D eigenvalue weighted by atomic mass is 16.5. The van der Waals surface area contributed by atoms with E-state index in [1.54, 1.807) is 13.2 Å². The highest BCUT2D eigenvalue weighted by Gasteiger charge is 2.38. The summed E-state index contributed by atoms with van der Waals surface area (Å²) in [5, 5.41) is 0. The molecule has 0 aromatic heterocycles. The van der Waals surface area contributed by atoms with Crippen LogP contribution in [0.4, 0.5) is 0 Å². The summed E-state index contributed by atoms with van der Waals surface area (Å²) < 4.78 is 5.25. The average molecular weight is 402 g/mol. The average Bonchev–Trinajstić information content (AvgIpc) is 3.28. The fourth-order valence-electron chi connectivity index (χ4n) is 4.74. The van der Waals surface area contributed by atoms with Gasteiger partial charge < -0.3 is 14.5 Å².